The zero-order valence-corrected chi connectivity index (χ0v) is 17.7. The molecule has 1 fully saturated rings. The van der Waals surface area contributed by atoms with Crippen LogP contribution in [0.2, 0.25) is 0 Å². The highest BCUT2D eigenvalue weighted by Crippen LogP contribution is 2.29. The van der Waals surface area contributed by atoms with Crippen LogP contribution in [0.3, 0.4) is 0 Å². The molecular formula is C22H23N5O3S. The maximum atomic E-state index is 12.5. The van der Waals surface area contributed by atoms with Crippen LogP contribution in [0.5, 0.6) is 0 Å². The Labute approximate surface area is 184 Å². The molecule has 9 heteroatoms. The first-order chi connectivity index (χ1) is 15.1. The molecule has 0 bridgehead atoms. The average Bonchev–Trinajstić information content (AvgIpc) is 3.15. The van der Waals surface area contributed by atoms with E-state index in [1.165, 1.54) is 18.2 Å². The molecule has 2 N–H and O–H groups in total. The van der Waals surface area contributed by atoms with E-state index in [4.69, 9.17) is 0 Å². The molecule has 2 aromatic rings. The topological polar surface area (TPSA) is 104 Å². The standard InChI is InChI=1S/C22H23N5O3S/c28-19(14-18-21(30)26-22(31-18)27-11-2-1-3-12-27)24-17-6-4-5-15(13-17)20(29)25-16-7-9-23-10-8-16/h4-10,13,18H,1-3,11-12,14H2,(H,24,28)(H,23,25,29)/t18-/m1/s1. The molecule has 4 rings (SSSR count). The molecule has 2 aliphatic heterocycles. The first kappa shape index (κ1) is 21.0. The van der Waals surface area contributed by atoms with Crippen molar-refractivity contribution in [1.29, 1.82) is 0 Å². The number of amidine groups is 1. The van der Waals surface area contributed by atoms with Gasteiger partial charge in [0.1, 0.15) is 5.25 Å². The minimum Gasteiger partial charge on any atom is -0.351 e. The third-order valence-corrected chi connectivity index (χ3v) is 6.29. The molecular weight excluding hydrogens is 414 g/mol. The van der Waals surface area contributed by atoms with Crippen LogP contribution in [0.25, 0.3) is 0 Å². The number of likely N-dealkylation sites (tertiary alicyclic amines) is 1. The second kappa shape index (κ2) is 9.74. The molecule has 1 aromatic carbocycles. The van der Waals surface area contributed by atoms with E-state index >= 15 is 0 Å². The number of nitrogens with one attached hydrogen (secondary N) is 2. The molecule has 0 spiro atoms. The van der Waals surface area contributed by atoms with Crippen molar-refractivity contribution in [1.82, 2.24) is 9.88 Å². The molecule has 0 radical (unpaired) electrons. The fourth-order valence-corrected chi connectivity index (χ4v) is 4.60. The number of pyridine rings is 1. The summed E-state index contributed by atoms with van der Waals surface area (Å²) in [7, 11) is 0. The van der Waals surface area contributed by atoms with Crippen molar-refractivity contribution in [3.05, 3.63) is 54.4 Å². The molecule has 3 heterocycles. The smallest absolute Gasteiger partial charge is 0.262 e. The minimum absolute atomic E-state index is 0.0395. The number of aromatic nitrogens is 1. The normalized spacial score (nSPS) is 18.5. The van der Waals surface area contributed by atoms with E-state index in [1.54, 1.807) is 48.8 Å². The quantitative estimate of drug-likeness (QED) is 0.745. The minimum atomic E-state index is -0.505. The van der Waals surface area contributed by atoms with Crippen molar-refractivity contribution >= 4 is 46.0 Å². The summed E-state index contributed by atoms with van der Waals surface area (Å²) in [5.74, 6) is -0.831. The number of hydrogen-bond donors (Lipinski definition) is 2. The Bertz CT molecular complexity index is 1010. The lowest BCUT2D eigenvalue weighted by molar-refractivity contribution is -0.121. The van der Waals surface area contributed by atoms with Crippen LogP contribution in [-0.2, 0) is 9.59 Å². The predicted molar refractivity (Wildman–Crippen MR) is 121 cm³/mol. The number of benzene rings is 1. The van der Waals surface area contributed by atoms with E-state index in [0.29, 0.717) is 16.9 Å². The summed E-state index contributed by atoms with van der Waals surface area (Å²) < 4.78 is 0. The largest absolute Gasteiger partial charge is 0.351 e. The molecule has 0 aliphatic carbocycles. The zero-order valence-electron chi connectivity index (χ0n) is 16.9. The summed E-state index contributed by atoms with van der Waals surface area (Å²) in [6.45, 7) is 1.82. The second-order valence-corrected chi connectivity index (χ2v) is 8.58. The van der Waals surface area contributed by atoms with Crippen LogP contribution in [0, 0.1) is 0 Å². The average molecular weight is 438 g/mol. The second-order valence-electron chi connectivity index (χ2n) is 7.41. The maximum absolute atomic E-state index is 12.5. The van der Waals surface area contributed by atoms with Crippen molar-refractivity contribution < 1.29 is 14.4 Å². The Hall–Kier alpha value is -3.20. The van der Waals surface area contributed by atoms with Crippen molar-refractivity contribution in [3.63, 3.8) is 0 Å². The van der Waals surface area contributed by atoms with Crippen molar-refractivity contribution in [2.75, 3.05) is 23.7 Å². The molecule has 0 unspecified atom stereocenters. The highest BCUT2D eigenvalue weighted by molar-refractivity contribution is 8.15. The Morgan fingerprint density at radius 3 is 2.58 bits per heavy atom. The molecule has 1 saturated heterocycles. The molecule has 1 atom stereocenters. The van der Waals surface area contributed by atoms with Gasteiger partial charge in [-0.1, -0.05) is 17.8 Å². The van der Waals surface area contributed by atoms with Gasteiger partial charge in [-0.2, -0.15) is 4.99 Å². The summed E-state index contributed by atoms with van der Waals surface area (Å²) in [5, 5.41) is 5.79. The molecule has 31 heavy (non-hydrogen) atoms. The number of carbonyl (C=O) groups excluding carboxylic acids is 3. The van der Waals surface area contributed by atoms with Gasteiger partial charge in [-0.15, -0.1) is 0 Å². The van der Waals surface area contributed by atoms with E-state index < -0.39 is 5.25 Å². The van der Waals surface area contributed by atoms with Crippen molar-refractivity contribution in [2.45, 2.75) is 30.9 Å². The number of rotatable bonds is 5. The van der Waals surface area contributed by atoms with Gasteiger partial charge in [0.25, 0.3) is 11.8 Å². The van der Waals surface area contributed by atoms with Crippen LogP contribution >= 0.6 is 11.8 Å². The van der Waals surface area contributed by atoms with Gasteiger partial charge in [0.05, 0.1) is 0 Å². The monoisotopic (exact) mass is 437 g/mol. The molecule has 2 aliphatic rings. The lowest BCUT2D eigenvalue weighted by Crippen LogP contribution is -2.33. The zero-order chi connectivity index (χ0) is 21.6. The lowest BCUT2D eigenvalue weighted by atomic mass is 10.1. The van der Waals surface area contributed by atoms with Gasteiger partial charge in [-0.3, -0.25) is 19.4 Å². The van der Waals surface area contributed by atoms with Gasteiger partial charge in [0, 0.05) is 48.8 Å². The van der Waals surface area contributed by atoms with Gasteiger partial charge < -0.3 is 15.5 Å². The summed E-state index contributed by atoms with van der Waals surface area (Å²) >= 11 is 1.37. The lowest BCUT2D eigenvalue weighted by Gasteiger charge is -2.27. The van der Waals surface area contributed by atoms with Crippen LogP contribution in [0.4, 0.5) is 11.4 Å². The number of thioether (sulfide) groups is 1. The van der Waals surface area contributed by atoms with E-state index in [0.717, 1.165) is 31.1 Å². The highest BCUT2D eigenvalue weighted by atomic mass is 32.2. The van der Waals surface area contributed by atoms with Crippen LogP contribution < -0.4 is 10.6 Å². The highest BCUT2D eigenvalue weighted by Gasteiger charge is 2.33. The summed E-state index contributed by atoms with van der Waals surface area (Å²) in [6, 6.07) is 10.1. The van der Waals surface area contributed by atoms with E-state index in [1.807, 2.05) is 0 Å². The molecule has 3 amide bonds. The SMILES string of the molecule is O=C(C[C@H]1SC(N2CCCCC2)=NC1=O)Nc1cccc(C(=O)Nc2ccncc2)c1. The van der Waals surface area contributed by atoms with Crippen LogP contribution in [0.15, 0.2) is 53.8 Å². The van der Waals surface area contributed by atoms with Gasteiger partial charge in [0.15, 0.2) is 5.17 Å². The third-order valence-electron chi connectivity index (χ3n) is 5.07. The van der Waals surface area contributed by atoms with Gasteiger partial charge in [0.2, 0.25) is 5.91 Å². The molecule has 1 aromatic heterocycles. The first-order valence-electron chi connectivity index (χ1n) is 10.2. The van der Waals surface area contributed by atoms with Gasteiger partial charge >= 0.3 is 0 Å². The summed E-state index contributed by atoms with van der Waals surface area (Å²) in [4.78, 5) is 47.4. The number of carbonyl (C=O) groups is 3. The van der Waals surface area contributed by atoms with Gasteiger partial charge in [-0.25, -0.2) is 0 Å². The number of anilines is 2. The summed E-state index contributed by atoms with van der Waals surface area (Å²) in [6.07, 6.45) is 6.63. The van der Waals surface area contributed by atoms with Crippen molar-refractivity contribution in [3.8, 4) is 0 Å². The van der Waals surface area contributed by atoms with E-state index in [9.17, 15) is 14.4 Å². The molecule has 0 saturated carbocycles. The number of aliphatic imine (C=N–C) groups is 1. The van der Waals surface area contributed by atoms with Crippen molar-refractivity contribution in [2.24, 2.45) is 4.99 Å². The third kappa shape index (κ3) is 5.49. The number of piperidine rings is 1. The first-order valence-corrected chi connectivity index (χ1v) is 11.1. The number of nitrogens with zero attached hydrogens (tertiary/aromatic N) is 3. The van der Waals surface area contributed by atoms with Gasteiger partial charge in [-0.05, 0) is 49.6 Å². The predicted octanol–water partition coefficient (Wildman–Crippen LogP) is 3.15. The Kier molecular flexibility index (Phi) is 6.61. The number of hydrogen-bond acceptors (Lipinski definition) is 6. The molecule has 160 valence electrons. The van der Waals surface area contributed by atoms with Crippen LogP contribution in [0.1, 0.15) is 36.0 Å². The van der Waals surface area contributed by atoms with Crippen LogP contribution in [-0.4, -0.2) is 51.1 Å². The fraction of sp³-hybridized carbons (Fsp3) is 0.318. The Balaban J connectivity index is 1.32. The maximum Gasteiger partial charge on any atom is 0.262 e. The Morgan fingerprint density at radius 1 is 1.03 bits per heavy atom. The van der Waals surface area contributed by atoms with E-state index in [2.05, 4.69) is 25.5 Å². The fourth-order valence-electron chi connectivity index (χ4n) is 3.49. The Morgan fingerprint density at radius 2 is 1.81 bits per heavy atom. The van der Waals surface area contributed by atoms with E-state index in [-0.39, 0.29) is 24.1 Å². The summed E-state index contributed by atoms with van der Waals surface area (Å²) in [5.41, 5.74) is 1.55. The number of amides is 3. The molecule has 8 nitrogen and oxygen atoms in total.